The molecule has 5 heteroatoms. The van der Waals surface area contributed by atoms with Gasteiger partial charge in [-0.3, -0.25) is 0 Å². The van der Waals surface area contributed by atoms with Crippen LogP contribution in [0.2, 0.25) is 0 Å². The zero-order chi connectivity index (χ0) is 14.2. The summed E-state index contributed by atoms with van der Waals surface area (Å²) in [5, 5.41) is 2.44. The van der Waals surface area contributed by atoms with Crippen molar-refractivity contribution in [2.24, 2.45) is 0 Å². The fraction of sp³-hybridized carbons (Fsp3) is 0.692. The molecule has 0 aromatic heterocycles. The van der Waals surface area contributed by atoms with Crippen LogP contribution in [0.4, 0.5) is 4.79 Å². The Balaban J connectivity index is 4.50. The molecular formula is C13H21NO4. The van der Waals surface area contributed by atoms with E-state index in [2.05, 4.69) is 21.9 Å². The van der Waals surface area contributed by atoms with Gasteiger partial charge in [0.15, 0.2) is 0 Å². The van der Waals surface area contributed by atoms with E-state index in [9.17, 15) is 9.59 Å². The number of methoxy groups -OCH3 is 1. The Morgan fingerprint density at radius 2 is 1.89 bits per heavy atom. The molecule has 0 aromatic rings. The van der Waals surface area contributed by atoms with E-state index in [0.29, 0.717) is 6.42 Å². The number of carbonyl (C=O) groups excluding carboxylic acids is 2. The first-order chi connectivity index (χ1) is 8.30. The number of rotatable bonds is 3. The van der Waals surface area contributed by atoms with Crippen LogP contribution in [0, 0.1) is 11.8 Å². The summed E-state index contributed by atoms with van der Waals surface area (Å²) in [7, 11) is 1.26. The average Bonchev–Trinajstić information content (AvgIpc) is 2.24. The van der Waals surface area contributed by atoms with Crippen molar-refractivity contribution < 1.29 is 19.1 Å². The average molecular weight is 255 g/mol. The minimum absolute atomic E-state index is 0.208. The fourth-order valence-electron chi connectivity index (χ4n) is 1.08. The van der Waals surface area contributed by atoms with E-state index in [4.69, 9.17) is 4.74 Å². The number of esters is 1. The largest absolute Gasteiger partial charge is 0.467 e. The molecule has 0 rings (SSSR count). The maximum absolute atomic E-state index is 11.5. The highest BCUT2D eigenvalue weighted by molar-refractivity contribution is 5.81. The fourth-order valence-corrected chi connectivity index (χ4v) is 1.08. The van der Waals surface area contributed by atoms with Crippen LogP contribution in [0.15, 0.2) is 0 Å². The van der Waals surface area contributed by atoms with Crippen LogP contribution < -0.4 is 5.32 Å². The molecule has 0 aromatic carbocycles. The molecule has 102 valence electrons. The summed E-state index contributed by atoms with van der Waals surface area (Å²) >= 11 is 0. The van der Waals surface area contributed by atoms with Crippen molar-refractivity contribution in [2.75, 3.05) is 7.11 Å². The topological polar surface area (TPSA) is 64.6 Å². The normalized spacial score (nSPS) is 11.8. The predicted molar refractivity (Wildman–Crippen MR) is 67.9 cm³/mol. The third-order valence-corrected chi connectivity index (χ3v) is 1.78. The molecule has 0 bridgehead atoms. The smallest absolute Gasteiger partial charge is 0.408 e. The molecule has 0 aliphatic carbocycles. The molecule has 0 aliphatic rings. The molecule has 0 spiro atoms. The van der Waals surface area contributed by atoms with E-state index in [1.807, 2.05) is 6.92 Å². The third kappa shape index (κ3) is 7.55. The van der Waals surface area contributed by atoms with E-state index >= 15 is 0 Å². The Morgan fingerprint density at radius 3 is 2.33 bits per heavy atom. The first-order valence-electron chi connectivity index (χ1n) is 5.83. The quantitative estimate of drug-likeness (QED) is 0.617. The minimum atomic E-state index is -0.802. The molecule has 0 radical (unpaired) electrons. The molecule has 1 unspecified atom stereocenters. The number of hydrogen-bond acceptors (Lipinski definition) is 4. The van der Waals surface area contributed by atoms with Crippen LogP contribution in [0.3, 0.4) is 0 Å². The molecule has 1 amide bonds. The van der Waals surface area contributed by atoms with Crippen molar-refractivity contribution in [1.29, 1.82) is 0 Å². The number of amides is 1. The van der Waals surface area contributed by atoms with Gasteiger partial charge in [0.05, 0.1) is 7.11 Å². The van der Waals surface area contributed by atoms with Crippen LogP contribution in [0.25, 0.3) is 0 Å². The van der Waals surface area contributed by atoms with Crippen LogP contribution in [0.5, 0.6) is 0 Å². The zero-order valence-electron chi connectivity index (χ0n) is 11.6. The summed E-state index contributed by atoms with van der Waals surface area (Å²) in [6.07, 6.45) is 0.247. The lowest BCUT2D eigenvalue weighted by Crippen LogP contribution is -2.43. The predicted octanol–water partition coefficient (Wildman–Crippen LogP) is 1.86. The molecule has 0 aliphatic heterocycles. The lowest BCUT2D eigenvalue weighted by atomic mass is 10.2. The van der Waals surface area contributed by atoms with Crippen LogP contribution in [0.1, 0.15) is 40.5 Å². The van der Waals surface area contributed by atoms with Crippen LogP contribution in [-0.4, -0.2) is 30.8 Å². The summed E-state index contributed by atoms with van der Waals surface area (Å²) in [5.74, 6) is 5.09. The van der Waals surface area contributed by atoms with E-state index < -0.39 is 23.7 Å². The van der Waals surface area contributed by atoms with Crippen molar-refractivity contribution in [3.63, 3.8) is 0 Å². The maximum atomic E-state index is 11.5. The summed E-state index contributed by atoms with van der Waals surface area (Å²) < 4.78 is 9.66. The van der Waals surface area contributed by atoms with Gasteiger partial charge in [0.25, 0.3) is 0 Å². The van der Waals surface area contributed by atoms with Gasteiger partial charge in [-0.1, -0.05) is 6.92 Å². The lowest BCUT2D eigenvalue weighted by Gasteiger charge is -2.21. The highest BCUT2D eigenvalue weighted by Crippen LogP contribution is 2.07. The van der Waals surface area contributed by atoms with Gasteiger partial charge in [-0.2, -0.15) is 0 Å². The van der Waals surface area contributed by atoms with Gasteiger partial charge in [0.2, 0.25) is 0 Å². The van der Waals surface area contributed by atoms with Crippen molar-refractivity contribution in [2.45, 2.75) is 52.2 Å². The van der Waals surface area contributed by atoms with Crippen LogP contribution in [-0.2, 0) is 14.3 Å². The number of ether oxygens (including phenoxy) is 2. The number of nitrogens with one attached hydrogen (secondary N) is 1. The monoisotopic (exact) mass is 255 g/mol. The summed E-state index contributed by atoms with van der Waals surface area (Å²) in [5.41, 5.74) is -0.611. The third-order valence-electron chi connectivity index (χ3n) is 1.78. The Hall–Kier alpha value is -1.70. The van der Waals surface area contributed by atoms with Gasteiger partial charge in [-0.25, -0.2) is 9.59 Å². The molecule has 0 heterocycles. The zero-order valence-corrected chi connectivity index (χ0v) is 11.6. The second kappa shape index (κ2) is 7.59. The Labute approximate surface area is 108 Å². The molecule has 0 saturated heterocycles. The van der Waals surface area contributed by atoms with Gasteiger partial charge in [0.1, 0.15) is 11.6 Å². The number of carbonyl (C=O) groups is 2. The first kappa shape index (κ1) is 16.3. The minimum Gasteiger partial charge on any atom is -0.467 e. The van der Waals surface area contributed by atoms with E-state index in [-0.39, 0.29) is 6.42 Å². The number of hydrogen-bond donors (Lipinski definition) is 1. The van der Waals surface area contributed by atoms with Crippen molar-refractivity contribution in [3.8, 4) is 11.8 Å². The second-order valence-corrected chi connectivity index (χ2v) is 4.63. The van der Waals surface area contributed by atoms with Crippen molar-refractivity contribution in [1.82, 2.24) is 5.32 Å². The van der Waals surface area contributed by atoms with E-state index in [1.54, 1.807) is 20.8 Å². The molecule has 1 atom stereocenters. The lowest BCUT2D eigenvalue weighted by molar-refractivity contribution is -0.143. The van der Waals surface area contributed by atoms with Gasteiger partial charge < -0.3 is 14.8 Å². The van der Waals surface area contributed by atoms with E-state index in [1.165, 1.54) is 7.11 Å². The molecule has 18 heavy (non-hydrogen) atoms. The number of alkyl carbamates (subject to hydrolysis) is 1. The standard InChI is InChI=1S/C13H21NO4/c1-6-7-8-9-10(11(15)17-5)14-12(16)18-13(2,3)4/h10H,6,9H2,1-5H3,(H,14,16). The summed E-state index contributed by atoms with van der Waals surface area (Å²) in [6.45, 7) is 7.14. The van der Waals surface area contributed by atoms with Gasteiger partial charge >= 0.3 is 12.1 Å². The van der Waals surface area contributed by atoms with Crippen molar-refractivity contribution >= 4 is 12.1 Å². The van der Waals surface area contributed by atoms with Gasteiger partial charge in [-0.05, 0) is 20.8 Å². The molecule has 1 N–H and O–H groups in total. The highest BCUT2D eigenvalue weighted by atomic mass is 16.6. The molecule has 0 saturated carbocycles. The van der Waals surface area contributed by atoms with Gasteiger partial charge in [0, 0.05) is 12.8 Å². The molecular weight excluding hydrogens is 234 g/mol. The van der Waals surface area contributed by atoms with Crippen LogP contribution >= 0.6 is 0 Å². The second-order valence-electron chi connectivity index (χ2n) is 4.63. The Kier molecular flexibility index (Phi) is 6.88. The Bertz CT molecular complexity index is 346. The first-order valence-corrected chi connectivity index (χ1v) is 5.83. The molecule has 5 nitrogen and oxygen atoms in total. The van der Waals surface area contributed by atoms with Crippen molar-refractivity contribution in [3.05, 3.63) is 0 Å². The SMILES string of the molecule is CCC#CCC(NC(=O)OC(C)(C)C)C(=O)OC. The Morgan fingerprint density at radius 1 is 1.28 bits per heavy atom. The maximum Gasteiger partial charge on any atom is 0.408 e. The van der Waals surface area contributed by atoms with E-state index in [0.717, 1.165) is 0 Å². The summed E-state index contributed by atoms with van der Waals surface area (Å²) in [6, 6.07) is -0.802. The molecule has 0 fully saturated rings. The summed E-state index contributed by atoms with van der Waals surface area (Å²) in [4.78, 5) is 23.0. The van der Waals surface area contributed by atoms with Gasteiger partial charge in [-0.15, -0.1) is 11.8 Å². The highest BCUT2D eigenvalue weighted by Gasteiger charge is 2.24.